The molecule has 3 rings (SSSR count). The molecule has 1 aromatic heterocycles. The molecule has 1 aliphatic carbocycles. The lowest BCUT2D eigenvalue weighted by Gasteiger charge is -2.26. The number of nitrogens with zero attached hydrogens (tertiary/aromatic N) is 3. The van der Waals surface area contributed by atoms with Crippen LogP contribution in [0.2, 0.25) is 0 Å². The van der Waals surface area contributed by atoms with E-state index in [1.54, 1.807) is 13.3 Å². The number of benzene rings is 1. The van der Waals surface area contributed by atoms with E-state index in [0.717, 1.165) is 35.2 Å². The molecule has 0 atom stereocenters. The Morgan fingerprint density at radius 3 is 2.77 bits per heavy atom. The number of rotatable bonds is 5. The van der Waals surface area contributed by atoms with Crippen molar-refractivity contribution < 1.29 is 4.74 Å². The van der Waals surface area contributed by atoms with Crippen molar-refractivity contribution in [3.8, 4) is 11.8 Å². The standard InChI is InChI=1S/C18H19N3O/c1-13-7-17(22-2)5-6-18(13)21(12-14-3-4-14)16-8-15(9-19)10-20-11-16/h5-8,10-11,14H,3-4,12H2,1-2H3. The molecule has 1 aromatic carbocycles. The highest BCUT2D eigenvalue weighted by Crippen LogP contribution is 2.37. The van der Waals surface area contributed by atoms with Gasteiger partial charge in [-0.25, -0.2) is 0 Å². The maximum atomic E-state index is 9.11. The van der Waals surface area contributed by atoms with Crippen LogP contribution >= 0.6 is 0 Å². The molecule has 1 fully saturated rings. The van der Waals surface area contributed by atoms with Gasteiger partial charge in [-0.05, 0) is 55.5 Å². The molecular formula is C18H19N3O. The van der Waals surface area contributed by atoms with E-state index in [9.17, 15) is 0 Å². The summed E-state index contributed by atoms with van der Waals surface area (Å²) in [4.78, 5) is 6.47. The predicted molar refractivity (Wildman–Crippen MR) is 86.4 cm³/mol. The molecule has 0 aliphatic heterocycles. The van der Waals surface area contributed by atoms with E-state index in [4.69, 9.17) is 10.00 Å². The fraction of sp³-hybridized carbons (Fsp3) is 0.333. The quantitative estimate of drug-likeness (QED) is 0.841. The third kappa shape index (κ3) is 3.04. The van der Waals surface area contributed by atoms with Crippen molar-refractivity contribution in [1.82, 2.24) is 4.98 Å². The Morgan fingerprint density at radius 2 is 2.14 bits per heavy atom. The van der Waals surface area contributed by atoms with Gasteiger partial charge < -0.3 is 9.64 Å². The monoisotopic (exact) mass is 293 g/mol. The summed E-state index contributed by atoms with van der Waals surface area (Å²) in [5, 5.41) is 9.11. The molecule has 1 saturated carbocycles. The number of pyridine rings is 1. The number of ether oxygens (including phenoxy) is 1. The van der Waals surface area contributed by atoms with Crippen LogP contribution in [-0.4, -0.2) is 18.6 Å². The van der Waals surface area contributed by atoms with Gasteiger partial charge in [-0.3, -0.25) is 4.98 Å². The molecule has 2 aromatic rings. The number of aromatic nitrogens is 1. The molecule has 1 aliphatic rings. The molecule has 0 amide bonds. The van der Waals surface area contributed by atoms with Crippen LogP contribution in [0.1, 0.15) is 24.0 Å². The number of methoxy groups -OCH3 is 1. The minimum Gasteiger partial charge on any atom is -0.497 e. The molecular weight excluding hydrogens is 274 g/mol. The van der Waals surface area contributed by atoms with Crippen LogP contribution in [0.3, 0.4) is 0 Å². The molecule has 0 N–H and O–H groups in total. The van der Waals surface area contributed by atoms with Crippen molar-refractivity contribution in [3.05, 3.63) is 47.8 Å². The first-order valence-corrected chi connectivity index (χ1v) is 7.48. The van der Waals surface area contributed by atoms with Gasteiger partial charge in [0.1, 0.15) is 11.8 Å². The molecule has 112 valence electrons. The van der Waals surface area contributed by atoms with E-state index in [1.165, 1.54) is 12.8 Å². The molecule has 0 bridgehead atoms. The van der Waals surface area contributed by atoms with Crippen molar-refractivity contribution in [2.75, 3.05) is 18.6 Å². The lowest BCUT2D eigenvalue weighted by atomic mass is 10.1. The summed E-state index contributed by atoms with van der Waals surface area (Å²) in [7, 11) is 1.68. The SMILES string of the molecule is COc1ccc(N(CC2CC2)c2cncc(C#N)c2)c(C)c1. The van der Waals surface area contributed by atoms with Gasteiger partial charge in [-0.2, -0.15) is 5.26 Å². The van der Waals surface area contributed by atoms with Gasteiger partial charge in [0.15, 0.2) is 0 Å². The van der Waals surface area contributed by atoms with Crippen LogP contribution in [0, 0.1) is 24.2 Å². The first kappa shape index (κ1) is 14.4. The minimum atomic E-state index is 0.587. The lowest BCUT2D eigenvalue weighted by Crippen LogP contribution is -2.21. The molecule has 1 heterocycles. The lowest BCUT2D eigenvalue weighted by molar-refractivity contribution is 0.414. The molecule has 4 nitrogen and oxygen atoms in total. The first-order valence-electron chi connectivity index (χ1n) is 7.48. The van der Waals surface area contributed by atoms with E-state index in [1.807, 2.05) is 24.4 Å². The molecule has 0 spiro atoms. The second-order valence-electron chi connectivity index (χ2n) is 5.75. The zero-order chi connectivity index (χ0) is 15.5. The van der Waals surface area contributed by atoms with Crippen molar-refractivity contribution in [2.45, 2.75) is 19.8 Å². The Morgan fingerprint density at radius 1 is 1.32 bits per heavy atom. The second kappa shape index (κ2) is 6.07. The summed E-state index contributed by atoms with van der Waals surface area (Å²) in [6, 6.07) is 10.2. The van der Waals surface area contributed by atoms with E-state index in [-0.39, 0.29) is 0 Å². The largest absolute Gasteiger partial charge is 0.497 e. The van der Waals surface area contributed by atoms with Crippen LogP contribution in [0.5, 0.6) is 5.75 Å². The highest BCUT2D eigenvalue weighted by Gasteiger charge is 2.26. The maximum Gasteiger partial charge on any atom is 0.119 e. The van der Waals surface area contributed by atoms with E-state index in [2.05, 4.69) is 28.9 Å². The average Bonchev–Trinajstić information content (AvgIpc) is 3.37. The number of aryl methyl sites for hydroxylation is 1. The predicted octanol–water partition coefficient (Wildman–Crippen LogP) is 3.82. The van der Waals surface area contributed by atoms with Crippen molar-refractivity contribution in [3.63, 3.8) is 0 Å². The zero-order valence-corrected chi connectivity index (χ0v) is 12.9. The normalized spacial score (nSPS) is 13.5. The molecule has 22 heavy (non-hydrogen) atoms. The molecule has 0 saturated heterocycles. The minimum absolute atomic E-state index is 0.587. The topological polar surface area (TPSA) is 49.1 Å². The van der Waals surface area contributed by atoms with Gasteiger partial charge in [-0.1, -0.05) is 0 Å². The summed E-state index contributed by atoms with van der Waals surface area (Å²) in [5.74, 6) is 1.59. The van der Waals surface area contributed by atoms with E-state index < -0.39 is 0 Å². The molecule has 0 unspecified atom stereocenters. The van der Waals surface area contributed by atoms with Crippen molar-refractivity contribution in [2.24, 2.45) is 5.92 Å². The Bertz CT molecular complexity index is 717. The van der Waals surface area contributed by atoms with E-state index >= 15 is 0 Å². The van der Waals surface area contributed by atoms with Gasteiger partial charge >= 0.3 is 0 Å². The number of nitriles is 1. The highest BCUT2D eigenvalue weighted by molar-refractivity contribution is 5.67. The summed E-state index contributed by atoms with van der Waals surface area (Å²) in [5.41, 5.74) is 3.86. The fourth-order valence-electron chi connectivity index (χ4n) is 2.60. The zero-order valence-electron chi connectivity index (χ0n) is 12.9. The third-order valence-electron chi connectivity index (χ3n) is 4.00. The molecule has 0 radical (unpaired) electrons. The summed E-state index contributed by atoms with van der Waals surface area (Å²) in [6.45, 7) is 3.04. The Hall–Kier alpha value is -2.54. The number of hydrogen-bond donors (Lipinski definition) is 0. The van der Waals surface area contributed by atoms with Gasteiger partial charge in [0, 0.05) is 18.4 Å². The summed E-state index contributed by atoms with van der Waals surface area (Å²) in [6.07, 6.45) is 5.97. The van der Waals surface area contributed by atoms with E-state index in [0.29, 0.717) is 5.56 Å². The third-order valence-corrected chi connectivity index (χ3v) is 4.00. The molecule has 4 heteroatoms. The Kier molecular flexibility index (Phi) is 3.97. The van der Waals surface area contributed by atoms with Gasteiger partial charge in [0.05, 0.1) is 24.6 Å². The average molecular weight is 293 g/mol. The van der Waals surface area contributed by atoms with Crippen LogP contribution in [0.25, 0.3) is 0 Å². The summed E-state index contributed by atoms with van der Waals surface area (Å²) >= 11 is 0. The van der Waals surface area contributed by atoms with Crippen LogP contribution < -0.4 is 9.64 Å². The number of hydrogen-bond acceptors (Lipinski definition) is 4. The van der Waals surface area contributed by atoms with Crippen LogP contribution in [-0.2, 0) is 0 Å². The number of anilines is 2. The fourth-order valence-corrected chi connectivity index (χ4v) is 2.60. The van der Waals surface area contributed by atoms with Crippen LogP contribution in [0.4, 0.5) is 11.4 Å². The smallest absolute Gasteiger partial charge is 0.119 e. The van der Waals surface area contributed by atoms with Gasteiger partial charge in [-0.15, -0.1) is 0 Å². The van der Waals surface area contributed by atoms with Crippen molar-refractivity contribution >= 4 is 11.4 Å². The van der Waals surface area contributed by atoms with Gasteiger partial charge in [0.2, 0.25) is 0 Å². The Balaban J connectivity index is 2.00. The Labute approximate surface area is 131 Å². The first-order chi connectivity index (χ1) is 10.7. The second-order valence-corrected chi connectivity index (χ2v) is 5.75. The van der Waals surface area contributed by atoms with Crippen molar-refractivity contribution in [1.29, 1.82) is 5.26 Å². The maximum absolute atomic E-state index is 9.11. The summed E-state index contributed by atoms with van der Waals surface area (Å²) < 4.78 is 5.29. The highest BCUT2D eigenvalue weighted by atomic mass is 16.5. The van der Waals surface area contributed by atoms with Crippen LogP contribution in [0.15, 0.2) is 36.7 Å². The van der Waals surface area contributed by atoms with Gasteiger partial charge in [0.25, 0.3) is 0 Å².